The van der Waals surface area contributed by atoms with Crippen LogP contribution in [-0.2, 0) is 0 Å². The lowest BCUT2D eigenvalue weighted by Gasteiger charge is -2.23. The molecule has 0 atom stereocenters. The summed E-state index contributed by atoms with van der Waals surface area (Å²) in [6, 6.07) is 9.31. The summed E-state index contributed by atoms with van der Waals surface area (Å²) >= 11 is 0. The predicted molar refractivity (Wildman–Crippen MR) is 108 cm³/mol. The molecule has 148 valence electrons. The maximum Gasteiger partial charge on any atom is 0.176 e. The van der Waals surface area contributed by atoms with E-state index in [1.807, 2.05) is 22.9 Å². The molecule has 8 heteroatoms. The van der Waals surface area contributed by atoms with Gasteiger partial charge in [0.1, 0.15) is 5.75 Å². The number of fused-ring (bicyclic) bond motifs is 1. The van der Waals surface area contributed by atoms with Crippen LogP contribution in [0.3, 0.4) is 0 Å². The van der Waals surface area contributed by atoms with Gasteiger partial charge < -0.3 is 20.8 Å². The number of aliphatic hydroxyl groups is 1. The third-order valence-electron chi connectivity index (χ3n) is 4.98. The highest BCUT2D eigenvalue weighted by Gasteiger charge is 2.23. The third-order valence-corrected chi connectivity index (χ3v) is 4.98. The zero-order valence-corrected chi connectivity index (χ0v) is 16.2. The topological polar surface area (TPSA) is 108 Å². The molecule has 0 radical (unpaired) electrons. The summed E-state index contributed by atoms with van der Waals surface area (Å²) in [7, 11) is 0. The molecule has 1 aliphatic rings. The minimum Gasteiger partial charge on any atom is -0.507 e. The van der Waals surface area contributed by atoms with Crippen LogP contribution in [0.4, 0.5) is 5.82 Å². The summed E-state index contributed by atoms with van der Waals surface area (Å²) in [5.74, 6) is 0.788. The number of piperidine rings is 1. The van der Waals surface area contributed by atoms with Crippen molar-refractivity contribution in [3.8, 4) is 17.0 Å². The summed E-state index contributed by atoms with van der Waals surface area (Å²) in [4.78, 5) is 0. The predicted octanol–water partition coefficient (Wildman–Crippen LogP) is 2.31. The van der Waals surface area contributed by atoms with Crippen LogP contribution in [0.5, 0.6) is 5.75 Å². The van der Waals surface area contributed by atoms with Crippen molar-refractivity contribution in [1.29, 1.82) is 0 Å². The molecule has 3 heterocycles. The van der Waals surface area contributed by atoms with Crippen LogP contribution < -0.4 is 10.6 Å². The molecule has 8 nitrogen and oxygen atoms in total. The van der Waals surface area contributed by atoms with E-state index in [1.54, 1.807) is 26.0 Å². The molecule has 28 heavy (non-hydrogen) atoms. The molecule has 0 spiro atoms. The number of benzene rings is 1. The minimum atomic E-state index is -0.867. The van der Waals surface area contributed by atoms with Crippen molar-refractivity contribution in [2.75, 3.05) is 25.0 Å². The average molecular weight is 382 g/mol. The molecule has 1 aliphatic heterocycles. The molecule has 2 aromatic heterocycles. The number of phenols is 1. The zero-order valence-electron chi connectivity index (χ0n) is 16.2. The fraction of sp³-hybridized carbons (Fsp3) is 0.450. The maximum absolute atomic E-state index is 10.2. The van der Waals surface area contributed by atoms with E-state index >= 15 is 0 Å². The van der Waals surface area contributed by atoms with E-state index in [-0.39, 0.29) is 11.8 Å². The lowest BCUT2D eigenvalue weighted by molar-refractivity contribution is 0.0944. The van der Waals surface area contributed by atoms with Crippen LogP contribution in [0, 0.1) is 0 Å². The Morgan fingerprint density at radius 1 is 1.21 bits per heavy atom. The highest BCUT2D eigenvalue weighted by atomic mass is 16.3. The van der Waals surface area contributed by atoms with Gasteiger partial charge in [-0.05, 0) is 58.0 Å². The first-order valence-electron chi connectivity index (χ1n) is 9.64. The monoisotopic (exact) mass is 382 g/mol. The molecule has 0 amide bonds. The molecule has 0 aliphatic carbocycles. The molecule has 0 saturated carbocycles. The lowest BCUT2D eigenvalue weighted by Crippen LogP contribution is -2.30. The van der Waals surface area contributed by atoms with Crippen LogP contribution in [0.1, 0.15) is 32.7 Å². The van der Waals surface area contributed by atoms with Gasteiger partial charge in [-0.25, -0.2) is 0 Å². The van der Waals surface area contributed by atoms with Gasteiger partial charge in [-0.3, -0.25) is 4.68 Å². The number of para-hydroxylation sites is 1. The highest BCUT2D eigenvalue weighted by Crippen LogP contribution is 2.32. The second-order valence-electron chi connectivity index (χ2n) is 7.92. The van der Waals surface area contributed by atoms with E-state index in [0.717, 1.165) is 31.4 Å². The van der Waals surface area contributed by atoms with Crippen LogP contribution in [0.2, 0.25) is 0 Å². The van der Waals surface area contributed by atoms with Gasteiger partial charge in [0, 0.05) is 12.1 Å². The maximum atomic E-state index is 10.2. The Balaban J connectivity index is 1.80. The highest BCUT2D eigenvalue weighted by molar-refractivity contribution is 5.88. The summed E-state index contributed by atoms with van der Waals surface area (Å²) in [6.07, 6.45) is 1.96. The van der Waals surface area contributed by atoms with E-state index in [9.17, 15) is 10.2 Å². The van der Waals surface area contributed by atoms with Crippen LogP contribution in [-0.4, -0.2) is 55.4 Å². The summed E-state index contributed by atoms with van der Waals surface area (Å²) in [5, 5.41) is 40.4. The quantitative estimate of drug-likeness (QED) is 0.536. The van der Waals surface area contributed by atoms with Crippen molar-refractivity contribution >= 4 is 16.9 Å². The lowest BCUT2D eigenvalue weighted by atomic mass is 10.1. The van der Waals surface area contributed by atoms with Gasteiger partial charge >= 0.3 is 0 Å². The Morgan fingerprint density at radius 2 is 1.96 bits per heavy atom. The fourth-order valence-electron chi connectivity index (χ4n) is 3.50. The van der Waals surface area contributed by atoms with E-state index in [2.05, 4.69) is 20.8 Å². The molecule has 1 fully saturated rings. The Hall–Kier alpha value is -2.71. The number of nitrogens with zero attached hydrogens (tertiary/aromatic N) is 4. The van der Waals surface area contributed by atoms with Crippen molar-refractivity contribution in [3.63, 3.8) is 0 Å². The van der Waals surface area contributed by atoms with Crippen molar-refractivity contribution in [2.45, 2.75) is 38.3 Å². The van der Waals surface area contributed by atoms with E-state index < -0.39 is 5.60 Å². The Bertz CT molecular complexity index is 972. The molecule has 1 saturated heterocycles. The van der Waals surface area contributed by atoms with E-state index in [1.165, 1.54) is 0 Å². The number of phenolic OH excluding ortho intramolecular Hbond substituents is 1. The van der Waals surface area contributed by atoms with Crippen molar-refractivity contribution in [2.24, 2.45) is 0 Å². The molecule has 4 rings (SSSR count). The van der Waals surface area contributed by atoms with Gasteiger partial charge in [-0.2, -0.15) is 5.10 Å². The van der Waals surface area contributed by atoms with Crippen molar-refractivity contribution < 1.29 is 10.2 Å². The number of rotatable bonds is 5. The SMILES string of the molecule is CC(C)(O)CNc1nn(C2CCNCC2)c2cc(-c3ccccc3O)nnc12. The van der Waals surface area contributed by atoms with Gasteiger partial charge in [0.2, 0.25) is 0 Å². The Labute approximate surface area is 163 Å². The second kappa shape index (κ2) is 7.37. The van der Waals surface area contributed by atoms with Gasteiger partial charge in [0.05, 0.1) is 22.9 Å². The number of anilines is 1. The van der Waals surface area contributed by atoms with Gasteiger partial charge in [0.15, 0.2) is 11.3 Å². The second-order valence-corrected chi connectivity index (χ2v) is 7.92. The average Bonchev–Trinajstić information content (AvgIpc) is 3.05. The number of hydrogen-bond donors (Lipinski definition) is 4. The molecule has 0 bridgehead atoms. The first kappa shape index (κ1) is 18.6. The molecule has 0 unspecified atom stereocenters. The van der Waals surface area contributed by atoms with Gasteiger partial charge in [0.25, 0.3) is 0 Å². The van der Waals surface area contributed by atoms with Gasteiger partial charge in [-0.1, -0.05) is 12.1 Å². The standard InChI is InChI=1S/C20H26N6O2/c1-20(2,28)12-22-19-18-16(26(25-19)13-7-9-21-10-8-13)11-15(23-24-18)14-5-3-4-6-17(14)27/h3-6,11,13,21,27-28H,7-10,12H2,1-2H3,(H,22,25). The number of nitrogens with one attached hydrogen (secondary N) is 2. The van der Waals surface area contributed by atoms with Gasteiger partial charge in [-0.15, -0.1) is 10.2 Å². The van der Waals surface area contributed by atoms with Crippen LogP contribution in [0.25, 0.3) is 22.3 Å². The van der Waals surface area contributed by atoms with Crippen LogP contribution >= 0.6 is 0 Å². The third kappa shape index (κ3) is 3.79. The summed E-state index contributed by atoms with van der Waals surface area (Å²) in [5.41, 5.74) is 1.92. The fourth-order valence-corrected chi connectivity index (χ4v) is 3.50. The van der Waals surface area contributed by atoms with E-state index in [4.69, 9.17) is 5.10 Å². The summed E-state index contributed by atoms with van der Waals surface area (Å²) < 4.78 is 2.01. The largest absolute Gasteiger partial charge is 0.507 e. The van der Waals surface area contributed by atoms with Crippen LogP contribution in [0.15, 0.2) is 30.3 Å². The normalized spacial score (nSPS) is 15.8. The summed E-state index contributed by atoms with van der Waals surface area (Å²) in [6.45, 7) is 5.74. The smallest absolute Gasteiger partial charge is 0.176 e. The number of hydrogen-bond acceptors (Lipinski definition) is 7. The Morgan fingerprint density at radius 3 is 2.68 bits per heavy atom. The Kier molecular flexibility index (Phi) is 4.91. The van der Waals surface area contributed by atoms with E-state index in [0.29, 0.717) is 29.1 Å². The minimum absolute atomic E-state index is 0.171. The zero-order chi connectivity index (χ0) is 19.7. The number of aromatic hydroxyl groups is 1. The molecule has 4 N–H and O–H groups in total. The first-order valence-corrected chi connectivity index (χ1v) is 9.64. The first-order chi connectivity index (χ1) is 13.4. The molecule has 1 aromatic carbocycles. The number of aromatic nitrogens is 4. The molecule has 3 aromatic rings. The molecular weight excluding hydrogens is 356 g/mol. The van der Waals surface area contributed by atoms with Crippen molar-refractivity contribution in [3.05, 3.63) is 30.3 Å². The van der Waals surface area contributed by atoms with Crippen molar-refractivity contribution in [1.82, 2.24) is 25.3 Å². The molecular formula is C20H26N6O2.